The molecule has 118 valence electrons. The minimum Gasteiger partial charge on any atom is -0.465 e. The Morgan fingerprint density at radius 3 is 2.38 bits per heavy atom. The van der Waals surface area contributed by atoms with Crippen LogP contribution in [0.25, 0.3) is 0 Å². The zero-order valence-electron chi connectivity index (χ0n) is 13.3. The van der Waals surface area contributed by atoms with Crippen molar-refractivity contribution >= 4 is 5.97 Å². The van der Waals surface area contributed by atoms with Crippen molar-refractivity contribution in [2.75, 3.05) is 19.8 Å². The van der Waals surface area contributed by atoms with E-state index in [0.717, 1.165) is 31.6 Å². The van der Waals surface area contributed by atoms with Gasteiger partial charge in [0, 0.05) is 13.2 Å². The number of ether oxygens (including phenoxy) is 2. The monoisotopic (exact) mass is 293 g/mol. The first kappa shape index (κ1) is 17.7. The van der Waals surface area contributed by atoms with E-state index in [-0.39, 0.29) is 5.97 Å². The van der Waals surface area contributed by atoms with Crippen LogP contribution in [0.5, 0.6) is 0 Å². The highest BCUT2D eigenvalue weighted by atomic mass is 16.5. The maximum atomic E-state index is 11.6. The van der Waals surface area contributed by atoms with Gasteiger partial charge in [0.25, 0.3) is 0 Å². The lowest BCUT2D eigenvalue weighted by Gasteiger charge is -2.22. The third-order valence-corrected chi connectivity index (χ3v) is 3.53. The van der Waals surface area contributed by atoms with E-state index in [4.69, 9.17) is 15.2 Å². The Kier molecular flexibility index (Phi) is 8.01. The molecule has 21 heavy (non-hydrogen) atoms. The quantitative estimate of drug-likeness (QED) is 0.866. The van der Waals surface area contributed by atoms with Gasteiger partial charge in [0.15, 0.2) is 0 Å². The van der Waals surface area contributed by atoms with Gasteiger partial charge >= 0.3 is 5.97 Å². The van der Waals surface area contributed by atoms with Crippen molar-refractivity contribution < 1.29 is 14.3 Å². The minimum absolute atomic E-state index is 0.354. The summed E-state index contributed by atoms with van der Waals surface area (Å²) in [6.45, 7) is 7.79. The van der Waals surface area contributed by atoms with Crippen LogP contribution in [0, 0.1) is 0 Å². The van der Waals surface area contributed by atoms with Crippen LogP contribution in [0.1, 0.15) is 56.7 Å². The van der Waals surface area contributed by atoms with Gasteiger partial charge in [0.05, 0.1) is 6.61 Å². The Labute approximate surface area is 127 Å². The van der Waals surface area contributed by atoms with Gasteiger partial charge in [-0.05, 0) is 36.8 Å². The summed E-state index contributed by atoms with van der Waals surface area (Å²) in [7, 11) is 0. The van der Waals surface area contributed by atoms with Crippen molar-refractivity contribution in [2.24, 2.45) is 5.73 Å². The smallest absolute Gasteiger partial charge is 0.327 e. The molecule has 1 heterocycles. The molecule has 0 aromatic heterocycles. The Balaban J connectivity index is 0.00000106. The van der Waals surface area contributed by atoms with E-state index >= 15 is 0 Å². The predicted octanol–water partition coefficient (Wildman–Crippen LogP) is 3.17. The molecule has 2 rings (SSSR count). The fourth-order valence-corrected chi connectivity index (χ4v) is 2.37. The maximum Gasteiger partial charge on any atom is 0.327 e. The Bertz CT molecular complexity index is 411. The van der Waals surface area contributed by atoms with Gasteiger partial charge < -0.3 is 15.2 Å². The number of nitrogens with two attached hydrogens (primary N) is 1. The molecule has 2 N–H and O–H groups in total. The molecule has 0 radical (unpaired) electrons. The first-order chi connectivity index (χ1) is 10.2. The van der Waals surface area contributed by atoms with Gasteiger partial charge in [-0.3, -0.25) is 0 Å². The van der Waals surface area contributed by atoms with Crippen LogP contribution in [0.15, 0.2) is 24.3 Å². The van der Waals surface area contributed by atoms with E-state index in [0.29, 0.717) is 12.5 Å². The highest BCUT2D eigenvalue weighted by molar-refractivity contribution is 5.77. The number of benzene rings is 1. The topological polar surface area (TPSA) is 61.5 Å². The third kappa shape index (κ3) is 5.14. The van der Waals surface area contributed by atoms with Gasteiger partial charge in [-0.2, -0.15) is 0 Å². The van der Waals surface area contributed by atoms with Crippen LogP contribution in [-0.2, 0) is 14.3 Å². The maximum absolute atomic E-state index is 11.6. The number of carbonyl (C=O) groups is 1. The van der Waals surface area contributed by atoms with Crippen molar-refractivity contribution in [3.8, 4) is 0 Å². The lowest BCUT2D eigenvalue weighted by molar-refractivity contribution is -0.144. The van der Waals surface area contributed by atoms with E-state index in [2.05, 4.69) is 12.1 Å². The van der Waals surface area contributed by atoms with Gasteiger partial charge in [-0.25, -0.2) is 4.79 Å². The molecule has 1 saturated heterocycles. The molecule has 1 fully saturated rings. The standard InChI is InChI=1S/C15H21NO3.C2H6/c1-2-19-15(17)14(16)13-5-3-11(4-6-13)12-7-9-18-10-8-12;1-2/h3-6,12,14H,2,7-10,16H2,1H3;1-2H3. The average Bonchev–Trinajstić information content (AvgIpc) is 2.57. The minimum atomic E-state index is -0.691. The summed E-state index contributed by atoms with van der Waals surface area (Å²) in [6, 6.07) is 7.27. The second-order valence-electron chi connectivity index (χ2n) is 4.78. The number of esters is 1. The van der Waals surface area contributed by atoms with E-state index in [9.17, 15) is 4.79 Å². The van der Waals surface area contributed by atoms with Crippen LogP contribution in [0.2, 0.25) is 0 Å². The Hall–Kier alpha value is -1.39. The normalized spacial score (nSPS) is 16.6. The van der Waals surface area contributed by atoms with E-state index in [1.165, 1.54) is 5.56 Å². The van der Waals surface area contributed by atoms with Crippen molar-refractivity contribution in [2.45, 2.75) is 45.6 Å². The fraction of sp³-hybridized carbons (Fsp3) is 0.588. The summed E-state index contributed by atoms with van der Waals surface area (Å²) >= 11 is 0. The Morgan fingerprint density at radius 1 is 1.29 bits per heavy atom. The number of hydrogen-bond acceptors (Lipinski definition) is 4. The third-order valence-electron chi connectivity index (χ3n) is 3.53. The first-order valence-electron chi connectivity index (χ1n) is 7.82. The van der Waals surface area contributed by atoms with Crippen LogP contribution >= 0.6 is 0 Å². The molecule has 1 aromatic carbocycles. The molecule has 1 atom stereocenters. The lowest BCUT2D eigenvalue weighted by atomic mass is 9.90. The molecule has 0 aliphatic carbocycles. The molecule has 0 saturated carbocycles. The first-order valence-corrected chi connectivity index (χ1v) is 7.82. The highest BCUT2D eigenvalue weighted by Crippen LogP contribution is 2.27. The summed E-state index contributed by atoms with van der Waals surface area (Å²) in [6.07, 6.45) is 2.12. The van der Waals surface area contributed by atoms with Crippen molar-refractivity contribution in [1.82, 2.24) is 0 Å². The molecule has 1 aliphatic heterocycles. The summed E-state index contributed by atoms with van der Waals surface area (Å²) in [5.74, 6) is 0.183. The highest BCUT2D eigenvalue weighted by Gasteiger charge is 2.19. The summed E-state index contributed by atoms with van der Waals surface area (Å²) < 4.78 is 10.3. The van der Waals surface area contributed by atoms with E-state index in [1.807, 2.05) is 26.0 Å². The zero-order valence-corrected chi connectivity index (χ0v) is 13.3. The largest absolute Gasteiger partial charge is 0.465 e. The second kappa shape index (κ2) is 9.53. The molecule has 0 bridgehead atoms. The molecule has 0 spiro atoms. The average molecular weight is 293 g/mol. The molecule has 1 unspecified atom stereocenters. The summed E-state index contributed by atoms with van der Waals surface area (Å²) in [4.78, 5) is 11.6. The predicted molar refractivity (Wildman–Crippen MR) is 84.1 cm³/mol. The summed E-state index contributed by atoms with van der Waals surface area (Å²) in [5, 5.41) is 0. The van der Waals surface area contributed by atoms with Crippen molar-refractivity contribution in [3.05, 3.63) is 35.4 Å². The molecule has 4 heteroatoms. The molecule has 1 aromatic rings. The fourth-order valence-electron chi connectivity index (χ4n) is 2.37. The SMILES string of the molecule is CC.CCOC(=O)C(N)c1ccc(C2CCOCC2)cc1. The number of rotatable bonds is 4. The zero-order chi connectivity index (χ0) is 15.7. The molecule has 0 amide bonds. The second-order valence-corrected chi connectivity index (χ2v) is 4.78. The lowest BCUT2D eigenvalue weighted by Crippen LogP contribution is -2.23. The van der Waals surface area contributed by atoms with Crippen LogP contribution in [0.3, 0.4) is 0 Å². The van der Waals surface area contributed by atoms with Gasteiger partial charge in [0.1, 0.15) is 6.04 Å². The van der Waals surface area contributed by atoms with Crippen LogP contribution in [0.4, 0.5) is 0 Å². The van der Waals surface area contributed by atoms with Crippen molar-refractivity contribution in [1.29, 1.82) is 0 Å². The van der Waals surface area contributed by atoms with Gasteiger partial charge in [-0.1, -0.05) is 38.1 Å². The number of hydrogen-bond donors (Lipinski definition) is 1. The molecule has 1 aliphatic rings. The summed E-state index contributed by atoms with van der Waals surface area (Å²) in [5.41, 5.74) is 7.95. The number of carbonyl (C=O) groups excluding carboxylic acids is 1. The van der Waals surface area contributed by atoms with E-state index in [1.54, 1.807) is 6.92 Å². The van der Waals surface area contributed by atoms with Crippen LogP contribution < -0.4 is 5.73 Å². The molecular formula is C17H27NO3. The van der Waals surface area contributed by atoms with E-state index < -0.39 is 6.04 Å². The molecular weight excluding hydrogens is 266 g/mol. The Morgan fingerprint density at radius 2 is 1.86 bits per heavy atom. The van der Waals surface area contributed by atoms with Crippen molar-refractivity contribution in [3.63, 3.8) is 0 Å². The van der Waals surface area contributed by atoms with Gasteiger partial charge in [-0.15, -0.1) is 0 Å². The van der Waals surface area contributed by atoms with Crippen LogP contribution in [-0.4, -0.2) is 25.8 Å². The van der Waals surface area contributed by atoms with Gasteiger partial charge in [0.2, 0.25) is 0 Å². The molecule has 4 nitrogen and oxygen atoms in total.